The smallest absolute Gasteiger partial charge is 0.311 e. The maximum Gasteiger partial charge on any atom is 0.311 e. The monoisotopic (exact) mass is 275 g/mol. The van der Waals surface area contributed by atoms with Crippen molar-refractivity contribution in [3.63, 3.8) is 0 Å². The molecule has 2 N–H and O–H groups in total. The molecule has 8 nitrogen and oxygen atoms in total. The number of hydrogen-bond acceptors (Lipinski definition) is 5. The molecule has 1 aliphatic rings. The Kier molecular flexibility index (Phi) is 2.85. The zero-order valence-electron chi connectivity index (χ0n) is 10.6. The standard InChI is InChI=1S/C12H13N5O3/c18-9-3-2-8(6-13-9)10-14-15-16-17(10)7-12(11(19)20)4-1-5-12/h2-3,6H,1,4-5,7H2,(H,13,18)(H,19,20). The lowest BCUT2D eigenvalue weighted by Gasteiger charge is -2.37. The zero-order chi connectivity index (χ0) is 14.2. The van der Waals surface area contributed by atoms with Crippen LogP contribution in [0, 0.1) is 5.41 Å². The van der Waals surface area contributed by atoms with E-state index in [1.807, 2.05) is 0 Å². The molecule has 0 spiro atoms. The number of aromatic amines is 1. The normalized spacial score (nSPS) is 16.6. The number of carboxylic acid groups (broad SMARTS) is 1. The van der Waals surface area contributed by atoms with E-state index in [1.165, 1.54) is 16.9 Å². The molecule has 0 aliphatic heterocycles. The Morgan fingerprint density at radius 1 is 1.45 bits per heavy atom. The van der Waals surface area contributed by atoms with Crippen molar-refractivity contribution in [3.8, 4) is 11.4 Å². The predicted octanol–water partition coefficient (Wildman–Crippen LogP) is 0.283. The number of hydrogen-bond donors (Lipinski definition) is 2. The zero-order valence-corrected chi connectivity index (χ0v) is 10.6. The van der Waals surface area contributed by atoms with Gasteiger partial charge in [-0.25, -0.2) is 4.68 Å². The van der Waals surface area contributed by atoms with Gasteiger partial charge in [-0.1, -0.05) is 6.42 Å². The van der Waals surface area contributed by atoms with Crippen LogP contribution in [0.1, 0.15) is 19.3 Å². The molecule has 2 heterocycles. The molecule has 0 saturated heterocycles. The van der Waals surface area contributed by atoms with Gasteiger partial charge in [-0.15, -0.1) is 5.10 Å². The molecule has 0 unspecified atom stereocenters. The summed E-state index contributed by atoms with van der Waals surface area (Å²) in [7, 11) is 0. The molecule has 1 fully saturated rings. The van der Waals surface area contributed by atoms with Crippen LogP contribution in [0.3, 0.4) is 0 Å². The number of aliphatic carboxylic acids is 1. The van der Waals surface area contributed by atoms with Crippen LogP contribution >= 0.6 is 0 Å². The van der Waals surface area contributed by atoms with Gasteiger partial charge in [0.25, 0.3) is 0 Å². The van der Waals surface area contributed by atoms with E-state index in [0.29, 0.717) is 24.2 Å². The van der Waals surface area contributed by atoms with Crippen LogP contribution in [0.4, 0.5) is 0 Å². The molecular formula is C12H13N5O3. The first-order chi connectivity index (χ1) is 9.61. The van der Waals surface area contributed by atoms with Gasteiger partial charge in [0.1, 0.15) is 0 Å². The molecule has 20 heavy (non-hydrogen) atoms. The van der Waals surface area contributed by atoms with Gasteiger partial charge in [0.2, 0.25) is 5.56 Å². The van der Waals surface area contributed by atoms with Crippen LogP contribution in [0.15, 0.2) is 23.1 Å². The van der Waals surface area contributed by atoms with Gasteiger partial charge in [0.05, 0.1) is 12.0 Å². The third kappa shape index (κ3) is 1.98. The summed E-state index contributed by atoms with van der Waals surface area (Å²) in [6.45, 7) is 0.240. The van der Waals surface area contributed by atoms with Crippen molar-refractivity contribution in [2.45, 2.75) is 25.8 Å². The van der Waals surface area contributed by atoms with Gasteiger partial charge in [0, 0.05) is 17.8 Å². The minimum absolute atomic E-state index is 0.214. The largest absolute Gasteiger partial charge is 0.481 e. The topological polar surface area (TPSA) is 114 Å². The van der Waals surface area contributed by atoms with Gasteiger partial charge >= 0.3 is 5.97 Å². The summed E-state index contributed by atoms with van der Waals surface area (Å²) in [5.41, 5.74) is -0.338. The van der Waals surface area contributed by atoms with Crippen LogP contribution < -0.4 is 5.56 Å². The molecule has 0 amide bonds. The van der Waals surface area contributed by atoms with Crippen molar-refractivity contribution in [1.29, 1.82) is 0 Å². The van der Waals surface area contributed by atoms with Crippen molar-refractivity contribution in [2.75, 3.05) is 0 Å². The second-order valence-corrected chi connectivity index (χ2v) is 5.04. The molecule has 8 heteroatoms. The number of nitrogens with zero attached hydrogens (tertiary/aromatic N) is 4. The number of tetrazole rings is 1. The average molecular weight is 275 g/mol. The molecule has 2 aromatic rings. The molecule has 0 aromatic carbocycles. The van der Waals surface area contributed by atoms with Crippen LogP contribution in [-0.2, 0) is 11.3 Å². The fourth-order valence-electron chi connectivity index (χ4n) is 2.40. The van der Waals surface area contributed by atoms with E-state index in [-0.39, 0.29) is 12.1 Å². The first kappa shape index (κ1) is 12.5. The molecule has 1 saturated carbocycles. The van der Waals surface area contributed by atoms with E-state index in [0.717, 1.165) is 6.42 Å². The Morgan fingerprint density at radius 3 is 2.80 bits per heavy atom. The molecule has 0 radical (unpaired) electrons. The summed E-state index contributed by atoms with van der Waals surface area (Å²) in [6, 6.07) is 2.99. The van der Waals surface area contributed by atoms with Crippen molar-refractivity contribution >= 4 is 5.97 Å². The summed E-state index contributed by atoms with van der Waals surface area (Å²) in [5, 5.41) is 20.7. The molecular weight excluding hydrogens is 262 g/mol. The summed E-state index contributed by atoms with van der Waals surface area (Å²) < 4.78 is 1.49. The molecule has 3 rings (SSSR count). The summed E-state index contributed by atoms with van der Waals surface area (Å²) in [5.74, 6) is -0.361. The lowest BCUT2D eigenvalue weighted by molar-refractivity contribution is -0.156. The maximum atomic E-state index is 11.4. The third-order valence-electron chi connectivity index (χ3n) is 3.79. The number of H-pyrrole nitrogens is 1. The van der Waals surface area contributed by atoms with E-state index >= 15 is 0 Å². The highest BCUT2D eigenvalue weighted by Crippen LogP contribution is 2.42. The number of rotatable bonds is 4. The van der Waals surface area contributed by atoms with Crippen molar-refractivity contribution in [1.82, 2.24) is 25.2 Å². The van der Waals surface area contributed by atoms with Gasteiger partial charge in [-0.2, -0.15) is 0 Å². The molecule has 1 aliphatic carbocycles. The lowest BCUT2D eigenvalue weighted by Crippen LogP contribution is -2.42. The highest BCUT2D eigenvalue weighted by molar-refractivity contribution is 5.75. The Labute approximate surface area is 113 Å². The lowest BCUT2D eigenvalue weighted by atomic mass is 9.69. The Hall–Kier alpha value is -2.51. The van der Waals surface area contributed by atoms with Crippen LogP contribution in [0.25, 0.3) is 11.4 Å². The van der Waals surface area contributed by atoms with Gasteiger partial charge in [0.15, 0.2) is 5.82 Å². The first-order valence-corrected chi connectivity index (χ1v) is 6.29. The number of aromatic nitrogens is 5. The quantitative estimate of drug-likeness (QED) is 0.828. The Balaban J connectivity index is 1.92. The van der Waals surface area contributed by atoms with Crippen LogP contribution in [0.2, 0.25) is 0 Å². The number of carbonyl (C=O) groups is 1. The number of pyridine rings is 1. The molecule has 0 atom stereocenters. The molecule has 2 aromatic heterocycles. The Morgan fingerprint density at radius 2 is 2.25 bits per heavy atom. The van der Waals surface area contributed by atoms with Crippen molar-refractivity contribution < 1.29 is 9.90 Å². The van der Waals surface area contributed by atoms with Crippen molar-refractivity contribution in [3.05, 3.63) is 28.7 Å². The maximum absolute atomic E-state index is 11.4. The van der Waals surface area contributed by atoms with E-state index in [2.05, 4.69) is 20.5 Å². The predicted molar refractivity (Wildman–Crippen MR) is 67.8 cm³/mol. The van der Waals surface area contributed by atoms with E-state index in [1.54, 1.807) is 6.07 Å². The van der Waals surface area contributed by atoms with Gasteiger partial charge in [-0.05, 0) is 29.3 Å². The van der Waals surface area contributed by atoms with Gasteiger partial charge in [-0.3, -0.25) is 9.59 Å². The average Bonchev–Trinajstić information content (AvgIpc) is 2.82. The number of carboxylic acids is 1. The fourth-order valence-corrected chi connectivity index (χ4v) is 2.40. The summed E-state index contributed by atoms with van der Waals surface area (Å²) in [4.78, 5) is 25.0. The summed E-state index contributed by atoms with van der Waals surface area (Å²) >= 11 is 0. The molecule has 0 bridgehead atoms. The fraction of sp³-hybridized carbons (Fsp3) is 0.417. The first-order valence-electron chi connectivity index (χ1n) is 6.29. The van der Waals surface area contributed by atoms with Crippen LogP contribution in [-0.4, -0.2) is 36.3 Å². The second kappa shape index (κ2) is 4.55. The minimum Gasteiger partial charge on any atom is -0.481 e. The van der Waals surface area contributed by atoms with E-state index < -0.39 is 11.4 Å². The summed E-state index contributed by atoms with van der Waals surface area (Å²) in [6.07, 6.45) is 3.68. The highest BCUT2D eigenvalue weighted by Gasteiger charge is 2.45. The third-order valence-corrected chi connectivity index (χ3v) is 3.79. The Bertz CT molecular complexity index is 681. The minimum atomic E-state index is -0.813. The molecule has 104 valence electrons. The highest BCUT2D eigenvalue weighted by atomic mass is 16.4. The van der Waals surface area contributed by atoms with E-state index in [9.17, 15) is 14.7 Å². The van der Waals surface area contributed by atoms with E-state index in [4.69, 9.17) is 0 Å². The second-order valence-electron chi connectivity index (χ2n) is 5.04. The SMILES string of the molecule is O=C(O)C1(Cn2nnnc2-c2ccc(=O)[nH]c2)CCC1. The number of nitrogens with one attached hydrogen (secondary N) is 1. The van der Waals surface area contributed by atoms with Gasteiger partial charge < -0.3 is 10.1 Å². The van der Waals surface area contributed by atoms with Crippen molar-refractivity contribution in [2.24, 2.45) is 5.41 Å². The van der Waals surface area contributed by atoms with Crippen LogP contribution in [0.5, 0.6) is 0 Å².